The molecule has 1 saturated carbocycles. The van der Waals surface area contributed by atoms with Crippen LogP contribution in [0.2, 0.25) is 0 Å². The van der Waals surface area contributed by atoms with Crippen LogP contribution in [0, 0.1) is 5.41 Å². The van der Waals surface area contributed by atoms with E-state index >= 15 is 0 Å². The number of nitrogens with zero attached hydrogens (tertiary/aromatic N) is 1. The summed E-state index contributed by atoms with van der Waals surface area (Å²) in [6.07, 6.45) is 6.74. The normalized spacial score (nSPS) is 20.3. The Kier molecular flexibility index (Phi) is 4.58. The van der Waals surface area contributed by atoms with Gasteiger partial charge in [-0.15, -0.1) is 0 Å². The van der Waals surface area contributed by atoms with Gasteiger partial charge in [0.25, 0.3) is 0 Å². The molecule has 0 amide bonds. The Morgan fingerprint density at radius 3 is 2.33 bits per heavy atom. The number of methoxy groups -OCH3 is 1. The maximum Gasteiger partial charge on any atom is 0.306 e. The molecule has 0 atom stereocenters. The van der Waals surface area contributed by atoms with E-state index in [0.717, 1.165) is 6.54 Å². The van der Waals surface area contributed by atoms with Crippen molar-refractivity contribution in [3.8, 4) is 0 Å². The van der Waals surface area contributed by atoms with Crippen molar-refractivity contribution in [2.24, 2.45) is 5.41 Å². The van der Waals surface area contributed by atoms with Crippen molar-refractivity contribution in [3.05, 3.63) is 0 Å². The molecule has 0 bridgehead atoms. The molecule has 0 saturated heterocycles. The summed E-state index contributed by atoms with van der Waals surface area (Å²) < 4.78 is 4.80. The average molecular weight is 213 g/mol. The Bertz CT molecular complexity index is 208. The number of ether oxygens (including phenoxy) is 1. The Balaban J connectivity index is 2.61. The van der Waals surface area contributed by atoms with Gasteiger partial charge in [0.15, 0.2) is 0 Å². The maximum absolute atomic E-state index is 11.4. The summed E-state index contributed by atoms with van der Waals surface area (Å²) in [5.74, 6) is -0.0567. The zero-order valence-corrected chi connectivity index (χ0v) is 10.2. The van der Waals surface area contributed by atoms with Gasteiger partial charge in [-0.05, 0) is 32.4 Å². The Morgan fingerprint density at radius 1 is 1.27 bits per heavy atom. The molecule has 0 heterocycles. The number of hydrogen-bond donors (Lipinski definition) is 0. The van der Waals surface area contributed by atoms with E-state index in [0.29, 0.717) is 6.42 Å². The van der Waals surface area contributed by atoms with Crippen LogP contribution in [-0.4, -0.2) is 38.6 Å². The van der Waals surface area contributed by atoms with Crippen LogP contribution in [0.25, 0.3) is 0 Å². The molecule has 1 aliphatic carbocycles. The summed E-state index contributed by atoms with van der Waals surface area (Å²) in [6, 6.07) is 0. The van der Waals surface area contributed by atoms with Gasteiger partial charge >= 0.3 is 5.97 Å². The van der Waals surface area contributed by atoms with Crippen LogP contribution < -0.4 is 0 Å². The van der Waals surface area contributed by atoms with Crippen molar-refractivity contribution in [3.63, 3.8) is 0 Å². The first kappa shape index (κ1) is 12.5. The van der Waals surface area contributed by atoms with Crippen molar-refractivity contribution >= 4 is 5.97 Å². The second kappa shape index (κ2) is 5.50. The molecule has 88 valence electrons. The van der Waals surface area contributed by atoms with E-state index in [1.807, 2.05) is 0 Å². The van der Waals surface area contributed by atoms with E-state index in [1.54, 1.807) is 0 Å². The molecular weight excluding hydrogens is 190 g/mol. The lowest BCUT2D eigenvalue weighted by Gasteiger charge is -2.38. The SMILES string of the molecule is COC(=O)CC1(CN(C)C)CCCCC1. The first-order chi connectivity index (χ1) is 7.08. The third kappa shape index (κ3) is 3.82. The molecule has 0 aromatic rings. The molecule has 0 unspecified atom stereocenters. The minimum Gasteiger partial charge on any atom is -0.469 e. The molecule has 15 heavy (non-hydrogen) atoms. The highest BCUT2D eigenvalue weighted by Gasteiger charge is 2.35. The molecule has 0 aromatic carbocycles. The van der Waals surface area contributed by atoms with Gasteiger partial charge in [0.2, 0.25) is 0 Å². The van der Waals surface area contributed by atoms with Crippen LogP contribution in [-0.2, 0) is 9.53 Å². The molecule has 0 aromatic heterocycles. The molecule has 1 aliphatic rings. The van der Waals surface area contributed by atoms with E-state index in [4.69, 9.17) is 4.74 Å². The maximum atomic E-state index is 11.4. The van der Waals surface area contributed by atoms with Crippen LogP contribution in [0.15, 0.2) is 0 Å². The van der Waals surface area contributed by atoms with Crippen LogP contribution >= 0.6 is 0 Å². The third-order valence-corrected chi connectivity index (χ3v) is 3.31. The highest BCUT2D eigenvalue weighted by atomic mass is 16.5. The van der Waals surface area contributed by atoms with E-state index in [9.17, 15) is 4.79 Å². The lowest BCUT2D eigenvalue weighted by Crippen LogP contribution is -2.37. The van der Waals surface area contributed by atoms with E-state index in [2.05, 4.69) is 19.0 Å². The first-order valence-electron chi connectivity index (χ1n) is 5.79. The third-order valence-electron chi connectivity index (χ3n) is 3.31. The molecule has 0 N–H and O–H groups in total. The van der Waals surface area contributed by atoms with Crippen LogP contribution in [0.3, 0.4) is 0 Å². The molecule has 0 aliphatic heterocycles. The van der Waals surface area contributed by atoms with E-state index in [1.165, 1.54) is 39.2 Å². The van der Waals surface area contributed by atoms with Gasteiger partial charge in [-0.3, -0.25) is 4.79 Å². The second-order valence-corrected chi connectivity index (χ2v) is 5.05. The fourth-order valence-corrected chi connectivity index (χ4v) is 2.74. The monoisotopic (exact) mass is 213 g/mol. The van der Waals surface area contributed by atoms with Crippen LogP contribution in [0.4, 0.5) is 0 Å². The van der Waals surface area contributed by atoms with Crippen molar-refractivity contribution in [1.82, 2.24) is 4.90 Å². The predicted octanol–water partition coefficient (Wildman–Crippen LogP) is 2.06. The topological polar surface area (TPSA) is 29.5 Å². The van der Waals surface area contributed by atoms with Gasteiger partial charge < -0.3 is 9.64 Å². The Labute approximate surface area is 92.8 Å². The number of rotatable bonds is 4. The number of carbonyl (C=O) groups is 1. The molecule has 1 rings (SSSR count). The van der Waals surface area contributed by atoms with Crippen LogP contribution in [0.1, 0.15) is 38.5 Å². The standard InChI is InChI=1S/C12H23NO2/c1-13(2)10-12(9-11(14)15-3)7-5-4-6-8-12/h4-10H2,1-3H3. The summed E-state index contributed by atoms with van der Waals surface area (Å²) in [7, 11) is 5.63. The summed E-state index contributed by atoms with van der Waals surface area (Å²) in [4.78, 5) is 13.6. The largest absolute Gasteiger partial charge is 0.469 e. The van der Waals surface area contributed by atoms with Gasteiger partial charge in [-0.1, -0.05) is 19.3 Å². The fourth-order valence-electron chi connectivity index (χ4n) is 2.74. The molecule has 0 spiro atoms. The zero-order valence-electron chi connectivity index (χ0n) is 10.2. The molecular formula is C12H23NO2. The number of esters is 1. The predicted molar refractivity (Wildman–Crippen MR) is 60.7 cm³/mol. The molecule has 0 radical (unpaired) electrons. The smallest absolute Gasteiger partial charge is 0.306 e. The van der Waals surface area contributed by atoms with Crippen molar-refractivity contribution < 1.29 is 9.53 Å². The number of hydrogen-bond acceptors (Lipinski definition) is 3. The van der Waals surface area contributed by atoms with Crippen LogP contribution in [0.5, 0.6) is 0 Å². The zero-order chi connectivity index (χ0) is 11.3. The van der Waals surface area contributed by atoms with Gasteiger partial charge in [-0.25, -0.2) is 0 Å². The average Bonchev–Trinajstić information content (AvgIpc) is 2.17. The van der Waals surface area contributed by atoms with Crippen molar-refractivity contribution in [1.29, 1.82) is 0 Å². The van der Waals surface area contributed by atoms with Gasteiger partial charge in [0.05, 0.1) is 13.5 Å². The lowest BCUT2D eigenvalue weighted by molar-refractivity contribution is -0.144. The van der Waals surface area contributed by atoms with E-state index in [-0.39, 0.29) is 11.4 Å². The Morgan fingerprint density at radius 2 is 1.87 bits per heavy atom. The molecule has 1 fully saturated rings. The summed E-state index contributed by atoms with van der Waals surface area (Å²) in [6.45, 7) is 1.00. The van der Waals surface area contributed by atoms with Crippen molar-refractivity contribution in [2.75, 3.05) is 27.7 Å². The minimum absolute atomic E-state index is 0.0567. The van der Waals surface area contributed by atoms with Gasteiger partial charge in [0, 0.05) is 6.54 Å². The lowest BCUT2D eigenvalue weighted by atomic mass is 9.71. The summed E-state index contributed by atoms with van der Waals surface area (Å²) >= 11 is 0. The van der Waals surface area contributed by atoms with Crippen molar-refractivity contribution in [2.45, 2.75) is 38.5 Å². The van der Waals surface area contributed by atoms with Gasteiger partial charge in [0.1, 0.15) is 0 Å². The highest BCUT2D eigenvalue weighted by Crippen LogP contribution is 2.39. The highest BCUT2D eigenvalue weighted by molar-refractivity contribution is 5.70. The second-order valence-electron chi connectivity index (χ2n) is 5.05. The number of carbonyl (C=O) groups excluding carboxylic acids is 1. The quantitative estimate of drug-likeness (QED) is 0.669. The fraction of sp³-hybridized carbons (Fsp3) is 0.917. The Hall–Kier alpha value is -0.570. The molecule has 3 heteroatoms. The minimum atomic E-state index is -0.0567. The summed E-state index contributed by atoms with van der Waals surface area (Å²) in [5, 5.41) is 0. The summed E-state index contributed by atoms with van der Waals surface area (Å²) in [5.41, 5.74) is 0.175. The molecule has 3 nitrogen and oxygen atoms in total. The first-order valence-corrected chi connectivity index (χ1v) is 5.79. The van der Waals surface area contributed by atoms with Gasteiger partial charge in [-0.2, -0.15) is 0 Å². The van der Waals surface area contributed by atoms with E-state index < -0.39 is 0 Å².